The smallest absolute Gasteiger partial charge is 0.254 e. The van der Waals surface area contributed by atoms with Crippen LogP contribution in [-0.2, 0) is 21.4 Å². The molecule has 2 unspecified atom stereocenters. The van der Waals surface area contributed by atoms with Crippen molar-refractivity contribution in [2.45, 2.75) is 37.6 Å². The van der Waals surface area contributed by atoms with Gasteiger partial charge in [0.05, 0.1) is 0 Å². The van der Waals surface area contributed by atoms with Gasteiger partial charge in [-0.15, -0.1) is 0 Å². The molecule has 2 aliphatic heterocycles. The van der Waals surface area contributed by atoms with Crippen molar-refractivity contribution in [3.63, 3.8) is 0 Å². The predicted octanol–water partition coefficient (Wildman–Crippen LogP) is 1.10. The van der Waals surface area contributed by atoms with E-state index in [1.54, 1.807) is 11.0 Å². The fourth-order valence-electron chi connectivity index (χ4n) is 4.59. The number of imide groups is 1. The summed E-state index contributed by atoms with van der Waals surface area (Å²) in [4.78, 5) is 41.3. The standard InChI is InChI=1S/C17H18N2O3/c1-3-19-13-15(21)18(2)16(22)17(13)9-5-7-10-6-4-8-11(12(10)17)14(19)20/h4,6,8,13H,3,5,7,9H2,1-2H3. The number of likely N-dealkylation sites (N-methyl/N-ethyl adjacent to an activating group) is 2. The highest BCUT2D eigenvalue weighted by molar-refractivity contribution is 6.17. The number of carbonyl (C=O) groups excluding carboxylic acids is 3. The summed E-state index contributed by atoms with van der Waals surface area (Å²) in [6, 6.07) is 4.99. The Bertz CT molecular complexity index is 727. The summed E-state index contributed by atoms with van der Waals surface area (Å²) in [5, 5.41) is 0. The minimum atomic E-state index is -0.861. The molecular weight excluding hydrogens is 280 g/mol. The number of likely N-dealkylation sites (tertiary alicyclic amines) is 1. The topological polar surface area (TPSA) is 57.7 Å². The van der Waals surface area contributed by atoms with Crippen LogP contribution in [0, 0.1) is 0 Å². The highest BCUT2D eigenvalue weighted by Crippen LogP contribution is 2.51. The molecule has 5 nitrogen and oxygen atoms in total. The SMILES string of the molecule is CCN1C(=O)c2cccc3c2C2(CCC3)C(=O)N(C)C(=O)C12. The van der Waals surface area contributed by atoms with Crippen LogP contribution in [0.4, 0.5) is 0 Å². The van der Waals surface area contributed by atoms with Gasteiger partial charge in [0.2, 0.25) is 5.91 Å². The second kappa shape index (κ2) is 4.18. The third kappa shape index (κ3) is 1.28. The van der Waals surface area contributed by atoms with E-state index in [-0.39, 0.29) is 17.7 Å². The van der Waals surface area contributed by atoms with Crippen molar-refractivity contribution in [1.29, 1.82) is 0 Å². The van der Waals surface area contributed by atoms with E-state index in [0.29, 0.717) is 18.5 Å². The van der Waals surface area contributed by atoms with Crippen molar-refractivity contribution in [2.24, 2.45) is 0 Å². The zero-order chi connectivity index (χ0) is 15.6. The Labute approximate surface area is 128 Å². The van der Waals surface area contributed by atoms with Crippen molar-refractivity contribution in [1.82, 2.24) is 9.80 Å². The van der Waals surface area contributed by atoms with E-state index in [9.17, 15) is 14.4 Å². The Morgan fingerprint density at radius 1 is 1.27 bits per heavy atom. The first kappa shape index (κ1) is 13.5. The Hall–Kier alpha value is -2.17. The summed E-state index contributed by atoms with van der Waals surface area (Å²) in [6.07, 6.45) is 2.37. The normalized spacial score (nSPS) is 29.7. The lowest BCUT2D eigenvalue weighted by Crippen LogP contribution is -2.60. The maximum Gasteiger partial charge on any atom is 0.254 e. The van der Waals surface area contributed by atoms with E-state index in [1.807, 2.05) is 19.1 Å². The van der Waals surface area contributed by atoms with E-state index < -0.39 is 11.5 Å². The molecule has 0 radical (unpaired) electrons. The molecule has 22 heavy (non-hydrogen) atoms. The number of amides is 3. The van der Waals surface area contributed by atoms with Crippen LogP contribution in [0.1, 0.15) is 41.3 Å². The Morgan fingerprint density at radius 2 is 2.05 bits per heavy atom. The van der Waals surface area contributed by atoms with Crippen LogP contribution in [0.25, 0.3) is 0 Å². The summed E-state index contributed by atoms with van der Waals surface area (Å²) in [5.41, 5.74) is 1.62. The monoisotopic (exact) mass is 298 g/mol. The first-order valence-electron chi connectivity index (χ1n) is 7.79. The Morgan fingerprint density at radius 3 is 2.77 bits per heavy atom. The van der Waals surface area contributed by atoms with Crippen molar-refractivity contribution >= 4 is 17.7 Å². The average molecular weight is 298 g/mol. The van der Waals surface area contributed by atoms with Gasteiger partial charge in [-0.25, -0.2) is 0 Å². The second-order valence-corrected chi connectivity index (χ2v) is 6.36. The Kier molecular flexibility index (Phi) is 2.56. The molecule has 0 N–H and O–H groups in total. The quantitative estimate of drug-likeness (QED) is 0.730. The zero-order valence-electron chi connectivity index (χ0n) is 12.8. The van der Waals surface area contributed by atoms with Gasteiger partial charge in [-0.2, -0.15) is 0 Å². The first-order valence-corrected chi connectivity index (χ1v) is 7.79. The van der Waals surface area contributed by atoms with Crippen molar-refractivity contribution in [3.8, 4) is 0 Å². The van der Waals surface area contributed by atoms with E-state index in [4.69, 9.17) is 0 Å². The number of benzene rings is 1. The molecule has 2 atom stereocenters. The molecule has 2 heterocycles. The highest BCUT2D eigenvalue weighted by Gasteiger charge is 2.65. The van der Waals surface area contributed by atoms with Gasteiger partial charge in [0.15, 0.2) is 0 Å². The highest BCUT2D eigenvalue weighted by atomic mass is 16.2. The lowest BCUT2D eigenvalue weighted by molar-refractivity contribution is -0.138. The maximum atomic E-state index is 13.0. The van der Waals surface area contributed by atoms with Gasteiger partial charge < -0.3 is 4.90 Å². The summed E-state index contributed by atoms with van der Waals surface area (Å²) in [6.45, 7) is 2.29. The molecule has 3 aliphatic rings. The van der Waals surface area contributed by atoms with Crippen LogP contribution in [0.2, 0.25) is 0 Å². The van der Waals surface area contributed by atoms with Gasteiger partial charge in [0.1, 0.15) is 11.5 Å². The molecular formula is C17H18N2O3. The van der Waals surface area contributed by atoms with Crippen LogP contribution < -0.4 is 0 Å². The first-order chi connectivity index (χ1) is 10.5. The average Bonchev–Trinajstić information content (AvgIpc) is 2.72. The van der Waals surface area contributed by atoms with Gasteiger partial charge in [0, 0.05) is 19.2 Å². The molecule has 1 saturated heterocycles. The fraction of sp³-hybridized carbons (Fsp3) is 0.471. The number of carbonyl (C=O) groups is 3. The van der Waals surface area contributed by atoms with Crippen LogP contribution in [0.3, 0.4) is 0 Å². The lowest BCUT2D eigenvalue weighted by Gasteiger charge is -2.46. The van der Waals surface area contributed by atoms with E-state index in [1.165, 1.54) is 11.9 Å². The molecule has 5 heteroatoms. The zero-order valence-corrected chi connectivity index (χ0v) is 12.8. The fourth-order valence-corrected chi connectivity index (χ4v) is 4.59. The van der Waals surface area contributed by atoms with Gasteiger partial charge >= 0.3 is 0 Å². The van der Waals surface area contributed by atoms with Gasteiger partial charge in [-0.3, -0.25) is 19.3 Å². The summed E-state index contributed by atoms with van der Waals surface area (Å²) < 4.78 is 0. The second-order valence-electron chi connectivity index (χ2n) is 6.36. The van der Waals surface area contributed by atoms with Crippen LogP contribution >= 0.6 is 0 Å². The number of rotatable bonds is 1. The third-order valence-electron chi connectivity index (χ3n) is 5.48. The van der Waals surface area contributed by atoms with Crippen molar-refractivity contribution in [2.75, 3.05) is 13.6 Å². The third-order valence-corrected chi connectivity index (χ3v) is 5.48. The van der Waals surface area contributed by atoms with Crippen LogP contribution in [0.15, 0.2) is 18.2 Å². The van der Waals surface area contributed by atoms with E-state index >= 15 is 0 Å². The molecule has 1 aromatic carbocycles. The number of hydrogen-bond acceptors (Lipinski definition) is 3. The largest absolute Gasteiger partial charge is 0.325 e. The number of aryl methyl sites for hydroxylation is 1. The van der Waals surface area contributed by atoms with Crippen LogP contribution in [0.5, 0.6) is 0 Å². The molecule has 1 fully saturated rings. The Balaban J connectivity index is 2.10. The molecule has 1 aromatic rings. The van der Waals surface area contributed by atoms with Gasteiger partial charge in [-0.1, -0.05) is 12.1 Å². The molecule has 0 bridgehead atoms. The summed E-state index contributed by atoms with van der Waals surface area (Å²) in [7, 11) is 1.53. The van der Waals surface area contributed by atoms with Crippen LogP contribution in [-0.4, -0.2) is 47.2 Å². The van der Waals surface area contributed by atoms with Gasteiger partial charge in [0.25, 0.3) is 11.8 Å². The number of hydrogen-bond donors (Lipinski definition) is 0. The summed E-state index contributed by atoms with van der Waals surface area (Å²) in [5.74, 6) is -0.525. The lowest BCUT2D eigenvalue weighted by atomic mass is 9.62. The molecule has 0 saturated carbocycles. The minimum Gasteiger partial charge on any atom is -0.325 e. The molecule has 114 valence electrons. The van der Waals surface area contributed by atoms with E-state index in [2.05, 4.69) is 0 Å². The minimum absolute atomic E-state index is 0.127. The maximum absolute atomic E-state index is 13.0. The van der Waals surface area contributed by atoms with Crippen molar-refractivity contribution in [3.05, 3.63) is 34.9 Å². The van der Waals surface area contributed by atoms with Gasteiger partial charge in [-0.05, 0) is 43.4 Å². The van der Waals surface area contributed by atoms with Crippen molar-refractivity contribution < 1.29 is 14.4 Å². The number of nitrogens with zero attached hydrogens (tertiary/aromatic N) is 2. The molecule has 4 rings (SSSR count). The summed E-state index contributed by atoms with van der Waals surface area (Å²) >= 11 is 0. The molecule has 1 aliphatic carbocycles. The molecule has 3 amide bonds. The van der Waals surface area contributed by atoms with E-state index in [0.717, 1.165) is 24.0 Å². The molecule has 0 aromatic heterocycles. The predicted molar refractivity (Wildman–Crippen MR) is 79.3 cm³/mol. The molecule has 1 spiro atoms.